The lowest BCUT2D eigenvalue weighted by molar-refractivity contribution is 0.193. The number of fused-ring (bicyclic) bond motifs is 1. The van der Waals surface area contributed by atoms with E-state index >= 15 is 0 Å². The Balaban J connectivity index is 1.51. The molecule has 0 spiro atoms. The van der Waals surface area contributed by atoms with Crippen LogP contribution in [0.25, 0.3) is 0 Å². The van der Waals surface area contributed by atoms with E-state index in [0.29, 0.717) is 12.6 Å². The molecule has 0 amide bonds. The van der Waals surface area contributed by atoms with Crippen LogP contribution in [0.5, 0.6) is 0 Å². The maximum atomic E-state index is 12.4. The number of nitrogens with zero attached hydrogens (tertiary/aromatic N) is 4. The SMILES string of the molecule is O=c1cc2c(nn1CC1CCCN1Cc1ccno1)CCCC2. The molecule has 1 aliphatic heterocycles. The highest BCUT2D eigenvalue weighted by atomic mass is 16.5. The van der Waals surface area contributed by atoms with Crippen molar-refractivity contribution in [2.24, 2.45) is 0 Å². The first-order chi connectivity index (χ1) is 11.3. The summed E-state index contributed by atoms with van der Waals surface area (Å²) in [4.78, 5) is 14.7. The minimum absolute atomic E-state index is 0.0390. The molecule has 4 rings (SSSR count). The Morgan fingerprint density at radius 1 is 1.26 bits per heavy atom. The lowest BCUT2D eigenvalue weighted by Crippen LogP contribution is -2.37. The van der Waals surface area contributed by atoms with E-state index in [1.165, 1.54) is 12.8 Å². The smallest absolute Gasteiger partial charge is 0.267 e. The van der Waals surface area contributed by atoms with Gasteiger partial charge in [-0.2, -0.15) is 5.10 Å². The molecular formula is C17H22N4O2. The molecule has 1 saturated heterocycles. The van der Waals surface area contributed by atoms with Crippen molar-refractivity contribution in [1.29, 1.82) is 0 Å². The van der Waals surface area contributed by atoms with Crippen molar-refractivity contribution in [3.63, 3.8) is 0 Å². The fourth-order valence-corrected chi connectivity index (χ4v) is 3.77. The fraction of sp³-hybridized carbons (Fsp3) is 0.588. The molecule has 3 heterocycles. The van der Waals surface area contributed by atoms with E-state index in [0.717, 1.165) is 55.8 Å². The van der Waals surface area contributed by atoms with Crippen LogP contribution in [0.2, 0.25) is 0 Å². The van der Waals surface area contributed by atoms with Crippen LogP contribution in [0.3, 0.4) is 0 Å². The molecule has 6 nitrogen and oxygen atoms in total. The third-order valence-corrected chi connectivity index (χ3v) is 5.01. The molecule has 1 fully saturated rings. The molecule has 0 radical (unpaired) electrons. The zero-order valence-electron chi connectivity index (χ0n) is 13.3. The van der Waals surface area contributed by atoms with E-state index in [-0.39, 0.29) is 5.56 Å². The average molecular weight is 314 g/mol. The Kier molecular flexibility index (Phi) is 3.99. The number of aryl methyl sites for hydroxylation is 2. The molecule has 23 heavy (non-hydrogen) atoms. The van der Waals surface area contributed by atoms with Gasteiger partial charge in [0.2, 0.25) is 0 Å². The molecule has 1 aliphatic carbocycles. The molecule has 0 bridgehead atoms. The van der Waals surface area contributed by atoms with Gasteiger partial charge in [-0.15, -0.1) is 0 Å². The summed E-state index contributed by atoms with van der Waals surface area (Å²) in [6.45, 7) is 2.45. The van der Waals surface area contributed by atoms with Gasteiger partial charge < -0.3 is 4.52 Å². The van der Waals surface area contributed by atoms with Crippen molar-refractivity contribution in [2.75, 3.05) is 6.54 Å². The van der Waals surface area contributed by atoms with Gasteiger partial charge in [0, 0.05) is 18.2 Å². The molecular weight excluding hydrogens is 292 g/mol. The minimum Gasteiger partial charge on any atom is -0.360 e. The molecule has 2 aromatic heterocycles. The van der Waals surface area contributed by atoms with Gasteiger partial charge in [-0.1, -0.05) is 5.16 Å². The van der Waals surface area contributed by atoms with Crippen LogP contribution in [0.1, 0.15) is 42.7 Å². The van der Waals surface area contributed by atoms with Gasteiger partial charge in [0.1, 0.15) is 0 Å². The van der Waals surface area contributed by atoms with Crippen LogP contribution < -0.4 is 5.56 Å². The van der Waals surface area contributed by atoms with Crippen LogP contribution in [0, 0.1) is 0 Å². The lowest BCUT2D eigenvalue weighted by atomic mass is 9.97. The van der Waals surface area contributed by atoms with Gasteiger partial charge in [0.25, 0.3) is 5.56 Å². The van der Waals surface area contributed by atoms with Gasteiger partial charge in [0.05, 0.1) is 25.0 Å². The second-order valence-electron chi connectivity index (χ2n) is 6.59. The van der Waals surface area contributed by atoms with Crippen molar-refractivity contribution < 1.29 is 4.52 Å². The molecule has 0 N–H and O–H groups in total. The second kappa shape index (κ2) is 6.28. The van der Waals surface area contributed by atoms with Crippen LogP contribution in [0.4, 0.5) is 0 Å². The van der Waals surface area contributed by atoms with Crippen LogP contribution in [0.15, 0.2) is 27.6 Å². The molecule has 122 valence electrons. The van der Waals surface area contributed by atoms with Gasteiger partial charge in [-0.3, -0.25) is 9.69 Å². The fourth-order valence-electron chi connectivity index (χ4n) is 3.77. The average Bonchev–Trinajstić information content (AvgIpc) is 3.21. The van der Waals surface area contributed by atoms with Crippen LogP contribution in [-0.4, -0.2) is 32.4 Å². The summed E-state index contributed by atoms with van der Waals surface area (Å²) < 4.78 is 6.89. The quantitative estimate of drug-likeness (QED) is 0.860. The van der Waals surface area contributed by atoms with E-state index in [2.05, 4.69) is 15.2 Å². The summed E-state index contributed by atoms with van der Waals surface area (Å²) in [5.74, 6) is 0.877. The van der Waals surface area contributed by atoms with Crippen molar-refractivity contribution >= 4 is 0 Å². The summed E-state index contributed by atoms with van der Waals surface area (Å²) in [7, 11) is 0. The van der Waals surface area contributed by atoms with E-state index < -0.39 is 0 Å². The third kappa shape index (κ3) is 3.08. The van der Waals surface area contributed by atoms with Gasteiger partial charge in [-0.25, -0.2) is 4.68 Å². The molecule has 6 heteroatoms. The lowest BCUT2D eigenvalue weighted by Gasteiger charge is -2.24. The van der Waals surface area contributed by atoms with Gasteiger partial charge in [0.15, 0.2) is 5.76 Å². The molecule has 2 aliphatic rings. The zero-order chi connectivity index (χ0) is 15.6. The van der Waals surface area contributed by atoms with E-state index in [4.69, 9.17) is 4.52 Å². The van der Waals surface area contributed by atoms with Crippen LogP contribution in [-0.2, 0) is 25.9 Å². The normalized spacial score (nSPS) is 21.5. The molecule has 1 unspecified atom stereocenters. The van der Waals surface area contributed by atoms with E-state index in [1.807, 2.05) is 6.07 Å². The summed E-state index contributed by atoms with van der Waals surface area (Å²) in [6, 6.07) is 4.04. The number of aromatic nitrogens is 3. The van der Waals surface area contributed by atoms with Crippen molar-refractivity contribution in [3.05, 3.63) is 45.7 Å². The minimum atomic E-state index is 0.0390. The highest BCUT2D eigenvalue weighted by Gasteiger charge is 2.26. The zero-order valence-corrected chi connectivity index (χ0v) is 13.3. The number of rotatable bonds is 4. The standard InChI is InChI=1S/C17H22N4O2/c22-17-10-13-4-1-2-6-16(13)19-21(17)11-14-5-3-9-20(14)12-15-7-8-18-23-15/h7-8,10,14H,1-6,9,11-12H2. The maximum Gasteiger partial charge on any atom is 0.267 e. The first kappa shape index (κ1) is 14.6. The molecule has 2 aromatic rings. The summed E-state index contributed by atoms with van der Waals surface area (Å²) in [5, 5.41) is 8.42. The number of hydrogen-bond donors (Lipinski definition) is 0. The Bertz CT molecular complexity index is 723. The highest BCUT2D eigenvalue weighted by Crippen LogP contribution is 2.22. The first-order valence-corrected chi connectivity index (χ1v) is 8.53. The number of hydrogen-bond acceptors (Lipinski definition) is 5. The Hall–Kier alpha value is -1.95. The van der Waals surface area contributed by atoms with Gasteiger partial charge >= 0.3 is 0 Å². The van der Waals surface area contributed by atoms with Crippen LogP contribution >= 0.6 is 0 Å². The predicted octanol–water partition coefficient (Wildman–Crippen LogP) is 1.77. The Labute approximate surface area is 135 Å². The monoisotopic (exact) mass is 314 g/mol. The first-order valence-electron chi connectivity index (χ1n) is 8.53. The summed E-state index contributed by atoms with van der Waals surface area (Å²) in [5.41, 5.74) is 2.32. The van der Waals surface area contributed by atoms with E-state index in [9.17, 15) is 4.79 Å². The topological polar surface area (TPSA) is 64.2 Å². The Morgan fingerprint density at radius 2 is 2.17 bits per heavy atom. The second-order valence-corrected chi connectivity index (χ2v) is 6.59. The summed E-state index contributed by atoms with van der Waals surface area (Å²) >= 11 is 0. The Morgan fingerprint density at radius 3 is 3.04 bits per heavy atom. The molecule has 0 aromatic carbocycles. The van der Waals surface area contributed by atoms with Crippen molar-refractivity contribution in [3.8, 4) is 0 Å². The third-order valence-electron chi connectivity index (χ3n) is 5.01. The number of likely N-dealkylation sites (tertiary alicyclic amines) is 1. The molecule has 0 saturated carbocycles. The van der Waals surface area contributed by atoms with Gasteiger partial charge in [-0.05, 0) is 50.6 Å². The predicted molar refractivity (Wildman–Crippen MR) is 85.1 cm³/mol. The molecule has 1 atom stereocenters. The van der Waals surface area contributed by atoms with Crippen molar-refractivity contribution in [2.45, 2.75) is 57.7 Å². The highest BCUT2D eigenvalue weighted by molar-refractivity contribution is 5.20. The maximum absolute atomic E-state index is 12.4. The largest absolute Gasteiger partial charge is 0.360 e. The van der Waals surface area contributed by atoms with E-state index in [1.54, 1.807) is 16.9 Å². The summed E-state index contributed by atoms with van der Waals surface area (Å²) in [6.07, 6.45) is 8.28. The van der Waals surface area contributed by atoms with Crippen molar-refractivity contribution in [1.82, 2.24) is 19.8 Å².